The van der Waals surface area contributed by atoms with Crippen LogP contribution in [0.25, 0.3) is 10.9 Å². The second kappa shape index (κ2) is 11.5. The number of nitrogens with zero attached hydrogens (tertiary/aromatic N) is 6. The van der Waals surface area contributed by atoms with Crippen molar-refractivity contribution in [2.45, 2.75) is 51.2 Å². The smallest absolute Gasteiger partial charge is 0.244 e. The molecule has 2 N–H and O–H groups in total. The Bertz CT molecular complexity index is 1540. The average Bonchev–Trinajstić information content (AvgIpc) is 3.62. The zero-order valence-corrected chi connectivity index (χ0v) is 22.9. The highest BCUT2D eigenvalue weighted by molar-refractivity contribution is 5.91. The fourth-order valence-corrected chi connectivity index (χ4v) is 5.87. The molecule has 2 aliphatic heterocycles. The predicted octanol–water partition coefficient (Wildman–Crippen LogP) is 1.73. The highest BCUT2D eigenvalue weighted by Crippen LogP contribution is 2.36. The van der Waals surface area contributed by atoms with E-state index in [1.165, 1.54) is 0 Å². The molecule has 4 aromatic rings. The number of para-hydroxylation sites is 1. The first-order chi connectivity index (χ1) is 20.0. The number of fused-ring (bicyclic) bond motifs is 3. The maximum atomic E-state index is 14.1. The second-order valence-electron chi connectivity index (χ2n) is 11.0. The molecule has 1 saturated heterocycles. The van der Waals surface area contributed by atoms with Crippen LogP contribution in [0.5, 0.6) is 0 Å². The number of piperidine rings is 1. The van der Waals surface area contributed by atoms with Gasteiger partial charge in [-0.15, -0.1) is 5.10 Å². The van der Waals surface area contributed by atoms with Crippen LogP contribution in [0.3, 0.4) is 0 Å². The minimum Gasteiger partial charge on any atom is -0.354 e. The molecule has 2 bridgehead atoms. The van der Waals surface area contributed by atoms with Crippen molar-refractivity contribution in [3.63, 3.8) is 0 Å². The Labute approximate surface area is 237 Å². The van der Waals surface area contributed by atoms with E-state index in [9.17, 15) is 14.4 Å². The Morgan fingerprint density at radius 1 is 1.00 bits per heavy atom. The van der Waals surface area contributed by atoms with Gasteiger partial charge in [-0.25, -0.2) is 0 Å². The lowest BCUT2D eigenvalue weighted by Crippen LogP contribution is -2.56. The van der Waals surface area contributed by atoms with E-state index in [1.807, 2.05) is 60.8 Å². The van der Waals surface area contributed by atoms with Gasteiger partial charge in [0.05, 0.1) is 22.8 Å². The summed E-state index contributed by atoms with van der Waals surface area (Å²) in [6.07, 6.45) is 6.05. The van der Waals surface area contributed by atoms with Crippen LogP contribution in [0.2, 0.25) is 0 Å². The summed E-state index contributed by atoms with van der Waals surface area (Å²) in [4.78, 5) is 42.4. The van der Waals surface area contributed by atoms with Crippen molar-refractivity contribution in [3.05, 3.63) is 78.2 Å². The van der Waals surface area contributed by atoms with Gasteiger partial charge in [0.1, 0.15) is 12.6 Å². The van der Waals surface area contributed by atoms with Crippen molar-refractivity contribution in [1.29, 1.82) is 0 Å². The lowest BCUT2D eigenvalue weighted by atomic mass is 9.73. The van der Waals surface area contributed by atoms with Crippen molar-refractivity contribution < 1.29 is 14.4 Å². The number of amides is 3. The topological polar surface area (TPSA) is 127 Å². The zero-order valence-electron chi connectivity index (χ0n) is 22.9. The second-order valence-corrected chi connectivity index (χ2v) is 11.0. The Kier molecular flexibility index (Phi) is 7.49. The number of aromatic nitrogens is 5. The molecule has 212 valence electrons. The Morgan fingerprint density at radius 3 is 2.61 bits per heavy atom. The molecule has 0 unspecified atom stereocenters. The van der Waals surface area contributed by atoms with E-state index in [-0.39, 0.29) is 24.3 Å². The number of likely N-dealkylation sites (tertiary alicyclic amines) is 1. The molecule has 1 spiro atoms. The van der Waals surface area contributed by atoms with E-state index in [4.69, 9.17) is 0 Å². The molecule has 3 amide bonds. The van der Waals surface area contributed by atoms with Crippen molar-refractivity contribution in [1.82, 2.24) is 40.3 Å². The minimum atomic E-state index is -0.820. The molecule has 1 fully saturated rings. The van der Waals surface area contributed by atoms with E-state index < -0.39 is 11.5 Å². The molecule has 11 nitrogen and oxygen atoms in total. The van der Waals surface area contributed by atoms with Gasteiger partial charge >= 0.3 is 0 Å². The third kappa shape index (κ3) is 5.84. The first-order valence-corrected chi connectivity index (χ1v) is 14.2. The SMILES string of the molecule is O=C1NCCCn2cc(nn2)CC2(CCN(C(=O)Cn3ncc4ccccc43)CC2)C(=O)N[C@H]1Cc1ccccc1. The van der Waals surface area contributed by atoms with Gasteiger partial charge in [0.25, 0.3) is 0 Å². The first kappa shape index (κ1) is 26.7. The molecule has 11 heteroatoms. The molecule has 0 aliphatic carbocycles. The number of carbonyl (C=O) groups is 3. The lowest BCUT2D eigenvalue weighted by molar-refractivity contribution is -0.142. The highest BCUT2D eigenvalue weighted by Gasteiger charge is 2.44. The monoisotopic (exact) mass is 554 g/mol. The van der Waals surface area contributed by atoms with Crippen molar-refractivity contribution in [2.24, 2.45) is 5.41 Å². The number of carbonyl (C=O) groups excluding carboxylic acids is 3. The van der Waals surface area contributed by atoms with Crippen LogP contribution < -0.4 is 10.6 Å². The van der Waals surface area contributed by atoms with Gasteiger partial charge in [0, 0.05) is 50.6 Å². The molecular weight excluding hydrogens is 520 g/mol. The number of rotatable bonds is 4. The van der Waals surface area contributed by atoms with Crippen LogP contribution in [0.1, 0.15) is 30.5 Å². The summed E-state index contributed by atoms with van der Waals surface area (Å²) in [7, 11) is 0. The van der Waals surface area contributed by atoms with Gasteiger partial charge < -0.3 is 15.5 Å². The molecule has 41 heavy (non-hydrogen) atoms. The normalized spacial score (nSPS) is 19.6. The molecule has 2 aromatic heterocycles. The van der Waals surface area contributed by atoms with Gasteiger partial charge in [-0.3, -0.25) is 23.7 Å². The standard InChI is InChI=1S/C30H34N8O3/c39-27(21-38-26-10-5-4-9-23(26)19-32-38)36-15-11-30(12-16-36)18-24-20-37(35-34-24)14-6-13-31-28(40)25(33-29(30)41)17-22-7-2-1-3-8-22/h1-5,7-10,19-20,25H,6,11-18,21H2,(H,31,40)(H,33,41)/t25-/m0/s1. The Hall–Kier alpha value is -4.54. The van der Waals surface area contributed by atoms with Crippen LogP contribution in [0.15, 0.2) is 67.0 Å². The van der Waals surface area contributed by atoms with E-state index in [1.54, 1.807) is 20.5 Å². The summed E-state index contributed by atoms with van der Waals surface area (Å²) >= 11 is 0. The summed E-state index contributed by atoms with van der Waals surface area (Å²) < 4.78 is 3.48. The molecule has 0 radical (unpaired) electrons. The van der Waals surface area contributed by atoms with Gasteiger partial charge in [-0.05, 0) is 30.9 Å². The molecule has 0 saturated carbocycles. The lowest BCUT2D eigenvalue weighted by Gasteiger charge is -2.41. The number of aryl methyl sites for hydroxylation is 1. The number of hydrogen-bond acceptors (Lipinski definition) is 6. The Morgan fingerprint density at radius 2 is 1.78 bits per heavy atom. The fourth-order valence-electron chi connectivity index (χ4n) is 5.87. The molecular formula is C30H34N8O3. The molecule has 2 aromatic carbocycles. The molecule has 2 aliphatic rings. The molecule has 4 heterocycles. The summed E-state index contributed by atoms with van der Waals surface area (Å²) in [6.45, 7) is 2.09. The van der Waals surface area contributed by atoms with Crippen molar-refractivity contribution >= 4 is 28.6 Å². The van der Waals surface area contributed by atoms with E-state index >= 15 is 0 Å². The van der Waals surface area contributed by atoms with Crippen molar-refractivity contribution in [2.75, 3.05) is 19.6 Å². The average molecular weight is 555 g/mol. The number of nitrogens with one attached hydrogen (secondary N) is 2. The first-order valence-electron chi connectivity index (χ1n) is 14.2. The van der Waals surface area contributed by atoms with E-state index in [2.05, 4.69) is 26.0 Å². The van der Waals surface area contributed by atoms with Crippen molar-refractivity contribution in [3.8, 4) is 0 Å². The van der Waals surface area contributed by atoms with Gasteiger partial charge in [0.2, 0.25) is 17.7 Å². The predicted molar refractivity (Wildman–Crippen MR) is 151 cm³/mol. The zero-order chi connectivity index (χ0) is 28.2. The summed E-state index contributed by atoms with van der Waals surface area (Å²) in [5.41, 5.74) is 1.80. The highest BCUT2D eigenvalue weighted by atomic mass is 16.2. The van der Waals surface area contributed by atoms with E-state index in [0.717, 1.165) is 22.2 Å². The van der Waals surface area contributed by atoms with Gasteiger partial charge in [-0.2, -0.15) is 5.10 Å². The summed E-state index contributed by atoms with van der Waals surface area (Å²) in [6, 6.07) is 16.8. The van der Waals surface area contributed by atoms with Crippen LogP contribution in [0, 0.1) is 5.41 Å². The van der Waals surface area contributed by atoms with Gasteiger partial charge in [0.15, 0.2) is 0 Å². The largest absolute Gasteiger partial charge is 0.354 e. The van der Waals surface area contributed by atoms with Crippen LogP contribution in [-0.4, -0.2) is 73.1 Å². The van der Waals surface area contributed by atoms with Crippen LogP contribution in [0.4, 0.5) is 0 Å². The maximum Gasteiger partial charge on any atom is 0.244 e. The third-order valence-corrected chi connectivity index (χ3v) is 8.26. The number of benzene rings is 2. The van der Waals surface area contributed by atoms with Gasteiger partial charge in [-0.1, -0.05) is 53.7 Å². The molecule has 6 rings (SSSR count). The van der Waals surface area contributed by atoms with E-state index in [0.29, 0.717) is 58.3 Å². The van der Waals surface area contributed by atoms with Crippen LogP contribution >= 0.6 is 0 Å². The minimum absolute atomic E-state index is 0.0361. The summed E-state index contributed by atoms with van der Waals surface area (Å²) in [5.74, 6) is -0.423. The summed E-state index contributed by atoms with van der Waals surface area (Å²) in [5, 5.41) is 20.1. The number of hydrogen-bond donors (Lipinski definition) is 2. The fraction of sp³-hybridized carbons (Fsp3) is 0.400. The molecule has 1 atom stereocenters. The Balaban J connectivity index is 1.21. The third-order valence-electron chi connectivity index (χ3n) is 8.26. The quantitative estimate of drug-likeness (QED) is 0.396. The maximum absolute atomic E-state index is 14.1. The van der Waals surface area contributed by atoms with Crippen LogP contribution in [-0.2, 0) is 40.3 Å².